The van der Waals surface area contributed by atoms with E-state index in [1.54, 1.807) is 0 Å². The molecule has 0 unspecified atom stereocenters. The molecule has 0 radical (unpaired) electrons. The van der Waals surface area contributed by atoms with E-state index in [9.17, 15) is 0 Å². The topological polar surface area (TPSA) is 6.48 Å². The van der Waals surface area contributed by atoms with E-state index in [2.05, 4.69) is 293 Å². The minimum Gasteiger partial charge on any atom is -0.309 e. The second-order valence-corrected chi connectivity index (χ2v) is 20.2. The van der Waals surface area contributed by atoms with Gasteiger partial charge < -0.3 is 9.80 Å². The zero-order valence-corrected chi connectivity index (χ0v) is 41.6. The zero-order valence-electron chi connectivity index (χ0n) is 41.6. The van der Waals surface area contributed by atoms with Crippen molar-refractivity contribution in [2.75, 3.05) is 9.80 Å². The Hall–Kier alpha value is -8.72. The van der Waals surface area contributed by atoms with Crippen LogP contribution in [0.5, 0.6) is 0 Å². The molecular weight excluding hydrogens is 869 g/mol. The van der Waals surface area contributed by atoms with E-state index < -0.39 is 0 Å². The first kappa shape index (κ1) is 44.5. The molecule has 0 saturated carbocycles. The molecule has 0 atom stereocenters. The predicted octanol–water partition coefficient (Wildman–Crippen LogP) is 20.1. The average Bonchev–Trinajstić information content (AvgIpc) is 3.43. The van der Waals surface area contributed by atoms with Crippen LogP contribution in [-0.2, 0) is 5.41 Å². The highest BCUT2D eigenvalue weighted by Crippen LogP contribution is 2.54. The minimum absolute atomic E-state index is 0.0285. The van der Waals surface area contributed by atoms with Crippen LogP contribution in [0.25, 0.3) is 76.8 Å². The lowest BCUT2D eigenvalue weighted by Crippen LogP contribution is -2.17. The fraction of sp³-hybridized carbons (Fsp3) is 0.0857. The summed E-state index contributed by atoms with van der Waals surface area (Å²) in [5.74, 6) is 0. The second-order valence-electron chi connectivity index (χ2n) is 20.2. The Morgan fingerprint density at radius 2 is 0.653 bits per heavy atom. The second kappa shape index (κ2) is 18.2. The lowest BCUT2D eigenvalue weighted by Gasteiger charge is -2.35. The highest BCUT2D eigenvalue weighted by atomic mass is 15.2. The van der Waals surface area contributed by atoms with Gasteiger partial charge in [0.15, 0.2) is 0 Å². The van der Waals surface area contributed by atoms with Crippen LogP contribution in [0.4, 0.5) is 34.1 Å². The summed E-state index contributed by atoms with van der Waals surface area (Å²) in [6, 6.07) is 92.0. The molecule has 0 aliphatic heterocycles. The number of aryl methyl sites for hydroxylation is 2. The van der Waals surface area contributed by atoms with Crippen LogP contribution >= 0.6 is 0 Å². The molecule has 12 aromatic rings. The molecule has 12 rings (SSSR count). The quantitative estimate of drug-likeness (QED) is 0.126. The van der Waals surface area contributed by atoms with Crippen molar-refractivity contribution in [3.8, 4) is 44.5 Å². The van der Waals surface area contributed by atoms with Gasteiger partial charge in [0.1, 0.15) is 0 Å². The maximum absolute atomic E-state index is 2.56. The van der Waals surface area contributed by atoms with Crippen LogP contribution in [0.15, 0.2) is 249 Å². The first-order valence-corrected chi connectivity index (χ1v) is 25.2. The summed E-state index contributed by atoms with van der Waals surface area (Å²) < 4.78 is 0. The SMILES string of the molecule is Cc1ccc(-c2ccccc2)cc1N(c1ccccc1-c1ccccc1)c1cc(N(c2cc(-c3ccccc3)ccc2C)c2ccccc2-c2ccccc2)c2ccc3cc(C(C)(C)C)cc4ccc1c2c43. The summed E-state index contributed by atoms with van der Waals surface area (Å²) in [5.41, 5.74) is 19.6. The Kier molecular flexibility index (Phi) is 11.3. The van der Waals surface area contributed by atoms with Gasteiger partial charge in [-0.25, -0.2) is 0 Å². The van der Waals surface area contributed by atoms with Gasteiger partial charge in [0.05, 0.1) is 22.7 Å². The van der Waals surface area contributed by atoms with Crippen LogP contribution in [0.2, 0.25) is 0 Å². The van der Waals surface area contributed by atoms with E-state index in [1.807, 2.05) is 0 Å². The molecule has 0 N–H and O–H groups in total. The molecule has 2 heteroatoms. The van der Waals surface area contributed by atoms with Crippen molar-refractivity contribution in [2.24, 2.45) is 0 Å². The number of benzene rings is 12. The van der Waals surface area contributed by atoms with Gasteiger partial charge in [0.2, 0.25) is 0 Å². The van der Waals surface area contributed by atoms with Gasteiger partial charge in [-0.15, -0.1) is 0 Å². The van der Waals surface area contributed by atoms with Crippen LogP contribution < -0.4 is 9.80 Å². The molecule has 2 nitrogen and oxygen atoms in total. The standard InChI is InChI=1S/C70H56N2/c1-47-34-36-53(49-22-10-6-11-23-49)44-64(47)71(62-32-20-18-30-58(62)51-26-14-8-15-27-51)66-46-67(61-41-39-56-43-57(70(3,4)5)42-55-38-40-60(66)69(61)68(55)56)72(63-33-21-19-31-59(63)52-28-16-9-17-29-52)65-45-54(37-35-48(65)2)50-24-12-7-13-25-50/h6-46H,1-5H3. The number of hydrogen-bond acceptors (Lipinski definition) is 2. The Balaban J connectivity index is 1.26. The van der Waals surface area contributed by atoms with Crippen molar-refractivity contribution < 1.29 is 0 Å². The fourth-order valence-electron chi connectivity index (χ4n) is 10.8. The van der Waals surface area contributed by atoms with Gasteiger partial charge in [-0.3, -0.25) is 0 Å². The summed E-state index contributed by atoms with van der Waals surface area (Å²) in [6.07, 6.45) is 0. The van der Waals surface area contributed by atoms with Gasteiger partial charge in [0.25, 0.3) is 0 Å². The number of rotatable bonds is 10. The van der Waals surface area contributed by atoms with E-state index in [1.165, 1.54) is 60.1 Å². The lowest BCUT2D eigenvalue weighted by atomic mass is 9.83. The van der Waals surface area contributed by atoms with Gasteiger partial charge in [-0.05, 0) is 116 Å². The molecule has 0 aliphatic rings. The third kappa shape index (κ3) is 7.96. The molecule has 0 aromatic heterocycles. The fourth-order valence-corrected chi connectivity index (χ4v) is 10.8. The molecule has 12 aromatic carbocycles. The Labute approximate surface area is 424 Å². The first-order valence-electron chi connectivity index (χ1n) is 25.2. The number of para-hydroxylation sites is 2. The third-order valence-electron chi connectivity index (χ3n) is 14.6. The highest BCUT2D eigenvalue weighted by molar-refractivity contribution is 6.29. The molecule has 346 valence electrons. The van der Waals surface area contributed by atoms with Crippen molar-refractivity contribution in [3.05, 3.63) is 265 Å². The molecule has 0 aliphatic carbocycles. The third-order valence-corrected chi connectivity index (χ3v) is 14.6. The van der Waals surface area contributed by atoms with Crippen LogP contribution in [-0.4, -0.2) is 0 Å². The van der Waals surface area contributed by atoms with Gasteiger partial charge in [-0.2, -0.15) is 0 Å². The van der Waals surface area contributed by atoms with Gasteiger partial charge >= 0.3 is 0 Å². The van der Waals surface area contributed by atoms with E-state index >= 15 is 0 Å². The van der Waals surface area contributed by atoms with Crippen LogP contribution in [0, 0.1) is 13.8 Å². The molecule has 0 amide bonds. The van der Waals surface area contributed by atoms with Gasteiger partial charge in [0, 0.05) is 38.7 Å². The molecule has 0 saturated heterocycles. The van der Waals surface area contributed by atoms with E-state index in [-0.39, 0.29) is 5.41 Å². The lowest BCUT2D eigenvalue weighted by molar-refractivity contribution is 0.591. The van der Waals surface area contributed by atoms with Crippen molar-refractivity contribution >= 4 is 66.4 Å². The van der Waals surface area contributed by atoms with Crippen LogP contribution in [0.1, 0.15) is 37.5 Å². The Bertz CT molecular complexity index is 3660. The van der Waals surface area contributed by atoms with Gasteiger partial charge in [-0.1, -0.05) is 239 Å². The molecular formula is C70H56N2. The largest absolute Gasteiger partial charge is 0.309 e. The van der Waals surface area contributed by atoms with Crippen molar-refractivity contribution in [3.63, 3.8) is 0 Å². The number of nitrogens with zero attached hydrogens (tertiary/aromatic N) is 2. The molecule has 0 fully saturated rings. The van der Waals surface area contributed by atoms with Crippen molar-refractivity contribution in [1.82, 2.24) is 0 Å². The smallest absolute Gasteiger partial charge is 0.0561 e. The normalized spacial score (nSPS) is 11.7. The predicted molar refractivity (Wildman–Crippen MR) is 309 cm³/mol. The van der Waals surface area contributed by atoms with E-state index in [4.69, 9.17) is 0 Å². The average molecular weight is 925 g/mol. The summed E-state index contributed by atoms with van der Waals surface area (Å²) in [7, 11) is 0. The zero-order chi connectivity index (χ0) is 48.9. The Morgan fingerprint density at radius 1 is 0.278 bits per heavy atom. The maximum Gasteiger partial charge on any atom is 0.0561 e. The molecule has 0 heterocycles. The summed E-state index contributed by atoms with van der Waals surface area (Å²) in [4.78, 5) is 5.13. The Morgan fingerprint density at radius 3 is 1.06 bits per heavy atom. The van der Waals surface area contributed by atoms with E-state index in [0.29, 0.717) is 0 Å². The number of hydrogen-bond donors (Lipinski definition) is 0. The van der Waals surface area contributed by atoms with Crippen molar-refractivity contribution in [2.45, 2.75) is 40.0 Å². The van der Waals surface area contributed by atoms with Crippen LogP contribution in [0.3, 0.4) is 0 Å². The van der Waals surface area contributed by atoms with E-state index in [0.717, 1.165) is 67.5 Å². The number of anilines is 6. The maximum atomic E-state index is 2.56. The minimum atomic E-state index is -0.0285. The first-order chi connectivity index (χ1) is 35.2. The monoisotopic (exact) mass is 924 g/mol. The van der Waals surface area contributed by atoms with Crippen molar-refractivity contribution in [1.29, 1.82) is 0 Å². The highest BCUT2D eigenvalue weighted by Gasteiger charge is 2.29. The molecule has 0 spiro atoms. The summed E-state index contributed by atoms with van der Waals surface area (Å²) in [6.45, 7) is 11.5. The molecule has 72 heavy (non-hydrogen) atoms. The summed E-state index contributed by atoms with van der Waals surface area (Å²) >= 11 is 0. The molecule has 0 bridgehead atoms. The summed E-state index contributed by atoms with van der Waals surface area (Å²) in [5, 5.41) is 7.39.